The van der Waals surface area contributed by atoms with E-state index >= 15 is 0 Å². The van der Waals surface area contributed by atoms with Gasteiger partial charge in [0.2, 0.25) is 0 Å². The van der Waals surface area contributed by atoms with Gasteiger partial charge in [0.05, 0.1) is 19.3 Å². The first-order valence-electron chi connectivity index (χ1n) is 8.28. The third-order valence-corrected chi connectivity index (χ3v) is 6.29. The van der Waals surface area contributed by atoms with Crippen LogP contribution >= 0.6 is 23.5 Å². The molecule has 1 aliphatic heterocycles. The molecule has 1 heterocycles. The van der Waals surface area contributed by atoms with Crippen molar-refractivity contribution in [1.82, 2.24) is 5.32 Å². The van der Waals surface area contributed by atoms with Gasteiger partial charge < -0.3 is 19.9 Å². The molecule has 2 aromatic carbocycles. The van der Waals surface area contributed by atoms with Gasteiger partial charge in [-0.3, -0.25) is 0 Å². The fraction of sp³-hybridized carbons (Fsp3) is 0.368. The minimum absolute atomic E-state index is 0.225. The van der Waals surface area contributed by atoms with Crippen molar-refractivity contribution in [3.63, 3.8) is 0 Å². The summed E-state index contributed by atoms with van der Waals surface area (Å²) in [4.78, 5) is 2.23. The van der Waals surface area contributed by atoms with Crippen LogP contribution in [0.3, 0.4) is 0 Å². The van der Waals surface area contributed by atoms with Crippen LogP contribution in [0.25, 0.3) is 0 Å². The van der Waals surface area contributed by atoms with Gasteiger partial charge in [-0.2, -0.15) is 0 Å². The summed E-state index contributed by atoms with van der Waals surface area (Å²) in [6.07, 6.45) is -0.425. The van der Waals surface area contributed by atoms with Gasteiger partial charge in [0.25, 0.3) is 0 Å². The molecule has 0 saturated carbocycles. The van der Waals surface area contributed by atoms with Crippen molar-refractivity contribution >= 4 is 23.5 Å². The van der Waals surface area contributed by atoms with Crippen LogP contribution < -0.4 is 14.8 Å². The van der Waals surface area contributed by atoms with Gasteiger partial charge in [0, 0.05) is 27.8 Å². The Morgan fingerprint density at radius 3 is 2.96 bits per heavy atom. The number of fused-ring (bicyclic) bond motifs is 1. The summed E-state index contributed by atoms with van der Waals surface area (Å²) in [7, 11) is 1.67. The minimum Gasteiger partial charge on any atom is -0.496 e. The molecule has 0 spiro atoms. The number of nitrogens with one attached hydrogen (secondary N) is 1. The molecule has 0 unspecified atom stereocenters. The Labute approximate surface area is 157 Å². The molecule has 2 atom stereocenters. The summed E-state index contributed by atoms with van der Waals surface area (Å²) < 4.78 is 11.2. The lowest BCUT2D eigenvalue weighted by atomic mass is 10.3. The second kappa shape index (κ2) is 9.38. The predicted octanol–water partition coefficient (Wildman–Crippen LogP) is 3.29. The number of benzene rings is 2. The van der Waals surface area contributed by atoms with Crippen LogP contribution in [0.5, 0.6) is 11.5 Å². The van der Waals surface area contributed by atoms with Gasteiger partial charge in [0.15, 0.2) is 0 Å². The Kier molecular flexibility index (Phi) is 6.93. The SMILES string of the molecule is COc1ccccc1SC[C@H](O)CN[C@@H]1COc2ccccc2SC1. The second-order valence-corrected chi connectivity index (χ2v) is 7.91. The average Bonchev–Trinajstić information content (AvgIpc) is 2.87. The van der Waals surface area contributed by atoms with E-state index in [9.17, 15) is 5.11 Å². The van der Waals surface area contributed by atoms with Crippen molar-refractivity contribution in [2.75, 3.05) is 31.8 Å². The highest BCUT2D eigenvalue weighted by Gasteiger charge is 2.18. The summed E-state index contributed by atoms with van der Waals surface area (Å²) in [6, 6.07) is 16.2. The molecule has 6 heteroatoms. The Bertz CT molecular complexity index is 656. The number of ether oxygens (including phenoxy) is 2. The molecule has 3 rings (SSSR count). The van der Waals surface area contributed by atoms with E-state index in [1.165, 1.54) is 4.90 Å². The molecular formula is C19H23NO3S2. The summed E-state index contributed by atoms with van der Waals surface area (Å²) >= 11 is 3.40. The minimum atomic E-state index is -0.425. The van der Waals surface area contributed by atoms with Gasteiger partial charge in [-0.1, -0.05) is 24.3 Å². The molecule has 2 aromatic rings. The number of aliphatic hydroxyl groups excluding tert-OH is 1. The van der Waals surface area contributed by atoms with Crippen LogP contribution in [0.4, 0.5) is 0 Å². The van der Waals surface area contributed by atoms with E-state index in [4.69, 9.17) is 9.47 Å². The predicted molar refractivity (Wildman–Crippen MR) is 104 cm³/mol. The fourth-order valence-corrected chi connectivity index (χ4v) is 4.52. The van der Waals surface area contributed by atoms with Crippen molar-refractivity contribution in [1.29, 1.82) is 0 Å². The summed E-state index contributed by atoms with van der Waals surface area (Å²) in [5.41, 5.74) is 0. The van der Waals surface area contributed by atoms with Crippen molar-refractivity contribution in [3.8, 4) is 11.5 Å². The second-order valence-electron chi connectivity index (χ2n) is 5.79. The smallest absolute Gasteiger partial charge is 0.132 e. The first-order chi connectivity index (χ1) is 12.3. The molecule has 2 N–H and O–H groups in total. The van der Waals surface area contributed by atoms with Crippen LogP contribution in [-0.4, -0.2) is 49.0 Å². The lowest BCUT2D eigenvalue weighted by molar-refractivity contribution is 0.183. The highest BCUT2D eigenvalue weighted by Crippen LogP contribution is 2.32. The standard InChI is InChI=1S/C19H23NO3S2/c1-22-16-6-2-4-8-18(16)25-13-15(21)10-20-14-11-23-17-7-3-5-9-19(17)24-12-14/h2-9,14-15,20-21H,10-13H2,1H3/t14-,15-/m1/s1. The number of thioether (sulfide) groups is 2. The number of para-hydroxylation sites is 2. The Hall–Kier alpha value is -1.34. The third-order valence-electron chi connectivity index (χ3n) is 3.87. The maximum absolute atomic E-state index is 10.3. The van der Waals surface area contributed by atoms with Gasteiger partial charge in [-0.05, 0) is 24.3 Å². The lowest BCUT2D eigenvalue weighted by Crippen LogP contribution is -2.41. The molecular weight excluding hydrogens is 354 g/mol. The van der Waals surface area contributed by atoms with Crippen LogP contribution in [-0.2, 0) is 0 Å². The van der Waals surface area contributed by atoms with Crippen LogP contribution in [0.2, 0.25) is 0 Å². The fourth-order valence-electron chi connectivity index (χ4n) is 2.52. The Morgan fingerprint density at radius 1 is 1.28 bits per heavy atom. The topological polar surface area (TPSA) is 50.7 Å². The van der Waals surface area contributed by atoms with E-state index < -0.39 is 6.10 Å². The molecule has 134 valence electrons. The van der Waals surface area contributed by atoms with Gasteiger partial charge >= 0.3 is 0 Å². The van der Waals surface area contributed by atoms with Gasteiger partial charge in [0.1, 0.15) is 18.1 Å². The lowest BCUT2D eigenvalue weighted by Gasteiger charge is -2.18. The molecule has 1 aliphatic rings. The van der Waals surface area contributed by atoms with Crippen molar-refractivity contribution in [3.05, 3.63) is 48.5 Å². The molecule has 0 aromatic heterocycles. The number of aliphatic hydroxyl groups is 1. The Balaban J connectivity index is 1.43. The molecule has 0 saturated heterocycles. The maximum atomic E-state index is 10.3. The van der Waals surface area contributed by atoms with Crippen LogP contribution in [0.1, 0.15) is 0 Å². The van der Waals surface area contributed by atoms with Gasteiger partial charge in [-0.25, -0.2) is 0 Å². The normalized spacial score (nSPS) is 17.9. The molecule has 4 nitrogen and oxygen atoms in total. The molecule has 0 radical (unpaired) electrons. The average molecular weight is 378 g/mol. The van der Waals surface area contributed by atoms with Crippen molar-refractivity contribution in [2.24, 2.45) is 0 Å². The zero-order valence-corrected chi connectivity index (χ0v) is 15.8. The maximum Gasteiger partial charge on any atom is 0.132 e. The van der Waals surface area contributed by atoms with Crippen molar-refractivity contribution < 1.29 is 14.6 Å². The first-order valence-corrected chi connectivity index (χ1v) is 10.3. The quantitative estimate of drug-likeness (QED) is 0.722. The zero-order valence-electron chi connectivity index (χ0n) is 14.2. The molecule has 0 amide bonds. The molecule has 25 heavy (non-hydrogen) atoms. The summed E-state index contributed by atoms with van der Waals surface area (Å²) in [6.45, 7) is 1.17. The van der Waals surface area contributed by atoms with E-state index in [0.29, 0.717) is 18.9 Å². The number of methoxy groups -OCH3 is 1. The summed E-state index contributed by atoms with van der Waals surface area (Å²) in [5.74, 6) is 3.35. The summed E-state index contributed by atoms with van der Waals surface area (Å²) in [5, 5.41) is 13.7. The largest absolute Gasteiger partial charge is 0.496 e. The molecule has 0 aliphatic carbocycles. The highest BCUT2D eigenvalue weighted by molar-refractivity contribution is 7.99. The molecule has 0 bridgehead atoms. The molecule has 0 fully saturated rings. The van der Waals surface area contributed by atoms with E-state index in [1.807, 2.05) is 42.5 Å². The number of rotatable bonds is 7. The van der Waals surface area contributed by atoms with E-state index in [0.717, 1.165) is 22.1 Å². The first kappa shape index (κ1) is 18.5. The number of hydrogen-bond acceptors (Lipinski definition) is 6. The van der Waals surface area contributed by atoms with Gasteiger partial charge in [-0.15, -0.1) is 23.5 Å². The third kappa shape index (κ3) is 5.31. The monoisotopic (exact) mass is 377 g/mol. The van der Waals surface area contributed by atoms with Crippen molar-refractivity contribution in [2.45, 2.75) is 21.9 Å². The zero-order chi connectivity index (χ0) is 17.5. The Morgan fingerprint density at radius 2 is 2.08 bits per heavy atom. The van der Waals surface area contributed by atoms with E-state index in [2.05, 4.69) is 11.4 Å². The van der Waals surface area contributed by atoms with Crippen LogP contribution in [0, 0.1) is 0 Å². The van der Waals surface area contributed by atoms with E-state index in [1.54, 1.807) is 30.6 Å². The van der Waals surface area contributed by atoms with Crippen LogP contribution in [0.15, 0.2) is 58.3 Å². The highest BCUT2D eigenvalue weighted by atomic mass is 32.2. The number of hydrogen-bond donors (Lipinski definition) is 2. The van der Waals surface area contributed by atoms with E-state index in [-0.39, 0.29) is 6.04 Å².